The molecule has 0 aliphatic rings. The van der Waals surface area contributed by atoms with Crippen LogP contribution in [0.1, 0.15) is 10.5 Å². The van der Waals surface area contributed by atoms with Gasteiger partial charge in [0.15, 0.2) is 5.16 Å². The van der Waals surface area contributed by atoms with E-state index in [2.05, 4.69) is 19.7 Å². The smallest absolute Gasteiger partial charge is 0.354 e. The van der Waals surface area contributed by atoms with Gasteiger partial charge in [0.05, 0.1) is 19.6 Å². The zero-order valence-electron chi connectivity index (χ0n) is 9.60. The van der Waals surface area contributed by atoms with E-state index in [4.69, 9.17) is 4.74 Å². The molecule has 17 heavy (non-hydrogen) atoms. The van der Waals surface area contributed by atoms with Gasteiger partial charge in [0.1, 0.15) is 11.3 Å². The Balaban J connectivity index is 2.62. The van der Waals surface area contributed by atoms with Crippen molar-refractivity contribution < 1.29 is 14.3 Å². The third kappa shape index (κ3) is 2.05. The Morgan fingerprint density at radius 1 is 1.41 bits per heavy atom. The lowest BCUT2D eigenvalue weighted by Crippen LogP contribution is -2.00. The van der Waals surface area contributed by atoms with E-state index in [1.165, 1.54) is 26.0 Å². The van der Waals surface area contributed by atoms with Crippen molar-refractivity contribution in [1.29, 1.82) is 0 Å². The summed E-state index contributed by atoms with van der Waals surface area (Å²) in [5, 5.41) is 1.23. The second-order valence-corrected chi connectivity index (χ2v) is 3.93. The van der Waals surface area contributed by atoms with Crippen LogP contribution >= 0.6 is 11.8 Å². The Labute approximate surface area is 102 Å². The van der Waals surface area contributed by atoms with E-state index in [9.17, 15) is 4.79 Å². The van der Waals surface area contributed by atoms with Crippen LogP contribution < -0.4 is 4.74 Å². The summed E-state index contributed by atoms with van der Waals surface area (Å²) in [6.07, 6.45) is 1.87. The van der Waals surface area contributed by atoms with Gasteiger partial charge in [0, 0.05) is 0 Å². The molecule has 2 heterocycles. The average Bonchev–Trinajstić information content (AvgIpc) is 2.80. The zero-order chi connectivity index (χ0) is 12.4. The Morgan fingerprint density at radius 3 is 2.76 bits per heavy atom. The van der Waals surface area contributed by atoms with Gasteiger partial charge in [0.25, 0.3) is 0 Å². The summed E-state index contributed by atoms with van der Waals surface area (Å²) in [6, 6.07) is 1.62. The standard InChI is InChI=1S/C10H11N3O3S/c1-15-8-5-4-6(9(14)16-2)11-7(5)12-10(13-8)17-3/h4H,1-3H3,(H,11,12,13). The van der Waals surface area contributed by atoms with Gasteiger partial charge in [-0.15, -0.1) is 0 Å². The molecule has 6 nitrogen and oxygen atoms in total. The monoisotopic (exact) mass is 253 g/mol. The molecule has 0 atom stereocenters. The first-order chi connectivity index (χ1) is 8.19. The van der Waals surface area contributed by atoms with Crippen LogP contribution in [0.15, 0.2) is 11.2 Å². The molecule has 2 aromatic heterocycles. The minimum Gasteiger partial charge on any atom is -0.480 e. The maximum absolute atomic E-state index is 11.4. The lowest BCUT2D eigenvalue weighted by Gasteiger charge is -2.01. The number of aromatic nitrogens is 3. The number of aromatic amines is 1. The van der Waals surface area contributed by atoms with Gasteiger partial charge in [-0.2, -0.15) is 4.98 Å². The van der Waals surface area contributed by atoms with Crippen molar-refractivity contribution in [2.45, 2.75) is 5.16 Å². The molecular weight excluding hydrogens is 242 g/mol. The quantitative estimate of drug-likeness (QED) is 0.507. The van der Waals surface area contributed by atoms with Gasteiger partial charge >= 0.3 is 5.97 Å². The molecular formula is C10H11N3O3S. The van der Waals surface area contributed by atoms with Crippen LogP contribution in [0.4, 0.5) is 0 Å². The van der Waals surface area contributed by atoms with Crippen molar-refractivity contribution in [2.75, 3.05) is 20.5 Å². The van der Waals surface area contributed by atoms with Crippen LogP contribution in [-0.2, 0) is 4.74 Å². The summed E-state index contributed by atoms with van der Waals surface area (Å²) in [4.78, 5) is 22.7. The molecule has 0 spiro atoms. The van der Waals surface area contributed by atoms with Gasteiger partial charge in [0.2, 0.25) is 5.88 Å². The molecule has 0 fully saturated rings. The van der Waals surface area contributed by atoms with Gasteiger partial charge in [-0.25, -0.2) is 9.78 Å². The van der Waals surface area contributed by atoms with E-state index < -0.39 is 5.97 Å². The number of ether oxygens (including phenoxy) is 2. The number of esters is 1. The van der Waals surface area contributed by atoms with Crippen LogP contribution in [0.3, 0.4) is 0 Å². The molecule has 0 saturated carbocycles. The van der Waals surface area contributed by atoms with Crippen LogP contribution in [0, 0.1) is 0 Å². The SMILES string of the molecule is COC(=O)c1cc2c(OC)nc(SC)nc2[nH]1. The van der Waals surface area contributed by atoms with E-state index in [-0.39, 0.29) is 0 Å². The molecule has 0 bridgehead atoms. The molecule has 0 aliphatic heterocycles. The first kappa shape index (κ1) is 11.7. The number of nitrogens with zero attached hydrogens (tertiary/aromatic N) is 2. The number of carbonyl (C=O) groups is 1. The van der Waals surface area contributed by atoms with Crippen molar-refractivity contribution in [1.82, 2.24) is 15.0 Å². The average molecular weight is 253 g/mol. The lowest BCUT2D eigenvalue weighted by molar-refractivity contribution is 0.0595. The Hall–Kier alpha value is -1.76. The summed E-state index contributed by atoms with van der Waals surface area (Å²) in [5.74, 6) is -0.0125. The maximum atomic E-state index is 11.4. The second-order valence-electron chi connectivity index (χ2n) is 3.16. The number of carbonyl (C=O) groups excluding carboxylic acids is 1. The van der Waals surface area contributed by atoms with Gasteiger partial charge in [-0.05, 0) is 12.3 Å². The largest absolute Gasteiger partial charge is 0.480 e. The predicted molar refractivity (Wildman–Crippen MR) is 63.6 cm³/mol. The highest BCUT2D eigenvalue weighted by atomic mass is 32.2. The predicted octanol–water partition coefficient (Wildman–Crippen LogP) is 1.47. The summed E-state index contributed by atoms with van der Waals surface area (Å²) in [7, 11) is 2.85. The van der Waals surface area contributed by atoms with Crippen molar-refractivity contribution in [3.05, 3.63) is 11.8 Å². The Kier molecular flexibility index (Phi) is 3.19. The number of fused-ring (bicyclic) bond motifs is 1. The first-order valence-electron chi connectivity index (χ1n) is 4.76. The van der Waals surface area contributed by atoms with Crippen LogP contribution in [0.5, 0.6) is 5.88 Å². The van der Waals surface area contributed by atoms with Crippen molar-refractivity contribution in [3.8, 4) is 5.88 Å². The minimum absolute atomic E-state index is 0.327. The molecule has 7 heteroatoms. The molecule has 90 valence electrons. The normalized spacial score (nSPS) is 10.5. The number of thioether (sulfide) groups is 1. The third-order valence-electron chi connectivity index (χ3n) is 2.21. The maximum Gasteiger partial charge on any atom is 0.354 e. The highest BCUT2D eigenvalue weighted by Crippen LogP contribution is 2.25. The summed E-state index contributed by atoms with van der Waals surface area (Å²) >= 11 is 1.40. The van der Waals surface area contributed by atoms with Gasteiger partial charge in [-0.3, -0.25) is 0 Å². The summed E-state index contributed by atoms with van der Waals surface area (Å²) < 4.78 is 9.79. The number of rotatable bonds is 3. The molecule has 2 aromatic rings. The highest BCUT2D eigenvalue weighted by molar-refractivity contribution is 7.98. The van der Waals surface area contributed by atoms with Crippen LogP contribution in [0.2, 0.25) is 0 Å². The van der Waals surface area contributed by atoms with E-state index in [0.717, 1.165) is 0 Å². The third-order valence-corrected chi connectivity index (χ3v) is 2.76. The fraction of sp³-hybridized carbons (Fsp3) is 0.300. The second kappa shape index (κ2) is 4.62. The van der Waals surface area contributed by atoms with Crippen LogP contribution in [0.25, 0.3) is 11.0 Å². The fourth-order valence-corrected chi connectivity index (χ4v) is 1.79. The molecule has 0 amide bonds. The van der Waals surface area contributed by atoms with E-state index >= 15 is 0 Å². The Bertz CT molecular complexity index is 567. The molecule has 0 aliphatic carbocycles. The van der Waals surface area contributed by atoms with Gasteiger partial charge < -0.3 is 14.5 Å². The van der Waals surface area contributed by atoms with Gasteiger partial charge in [-0.1, -0.05) is 11.8 Å². The number of methoxy groups -OCH3 is 2. The zero-order valence-corrected chi connectivity index (χ0v) is 10.4. The molecule has 0 radical (unpaired) electrons. The number of hydrogen-bond donors (Lipinski definition) is 1. The molecule has 0 saturated heterocycles. The number of nitrogens with one attached hydrogen (secondary N) is 1. The molecule has 1 N–H and O–H groups in total. The number of H-pyrrole nitrogens is 1. The summed E-state index contributed by atoms with van der Waals surface area (Å²) in [5.41, 5.74) is 0.884. The fourth-order valence-electron chi connectivity index (χ4n) is 1.43. The molecule has 0 aromatic carbocycles. The topological polar surface area (TPSA) is 77.1 Å². The van der Waals surface area contributed by atoms with Crippen molar-refractivity contribution >= 4 is 28.8 Å². The first-order valence-corrected chi connectivity index (χ1v) is 5.99. The van der Waals surface area contributed by atoms with Crippen LogP contribution in [-0.4, -0.2) is 41.4 Å². The minimum atomic E-state index is -0.448. The summed E-state index contributed by atoms with van der Waals surface area (Å²) in [6.45, 7) is 0. The van der Waals surface area contributed by atoms with E-state index in [0.29, 0.717) is 27.8 Å². The van der Waals surface area contributed by atoms with E-state index in [1.54, 1.807) is 6.07 Å². The van der Waals surface area contributed by atoms with Crippen molar-refractivity contribution in [2.24, 2.45) is 0 Å². The van der Waals surface area contributed by atoms with Crippen molar-refractivity contribution in [3.63, 3.8) is 0 Å². The van der Waals surface area contributed by atoms with E-state index in [1.807, 2.05) is 6.26 Å². The highest BCUT2D eigenvalue weighted by Gasteiger charge is 2.15. The molecule has 2 rings (SSSR count). The number of hydrogen-bond acceptors (Lipinski definition) is 6. The molecule has 0 unspecified atom stereocenters. The lowest BCUT2D eigenvalue weighted by atomic mass is 10.3. The Morgan fingerprint density at radius 2 is 2.18 bits per heavy atom.